The van der Waals surface area contributed by atoms with Crippen molar-refractivity contribution >= 4 is 23.4 Å². The molecule has 19 heavy (non-hydrogen) atoms. The summed E-state index contributed by atoms with van der Waals surface area (Å²) < 4.78 is 0. The van der Waals surface area contributed by atoms with Crippen LogP contribution in [0.3, 0.4) is 0 Å². The Morgan fingerprint density at radius 3 is 2.68 bits per heavy atom. The molecule has 2 N–H and O–H groups in total. The number of hydrogen-bond donors (Lipinski definition) is 2. The highest BCUT2D eigenvalue weighted by molar-refractivity contribution is 7.99. The molecule has 0 atom stereocenters. The Bertz CT molecular complexity index is 547. The molecule has 0 spiro atoms. The first-order chi connectivity index (χ1) is 9.25. The van der Waals surface area contributed by atoms with Crippen LogP contribution >= 0.6 is 11.8 Å². The summed E-state index contributed by atoms with van der Waals surface area (Å²) in [5, 5.41) is 0.591. The largest absolute Gasteiger partial charge is 0.298 e. The lowest BCUT2D eigenvalue weighted by atomic mass is 10.2. The zero-order chi connectivity index (χ0) is 13.5. The van der Waals surface area contributed by atoms with Gasteiger partial charge in [0.2, 0.25) is 5.91 Å². The van der Waals surface area contributed by atoms with E-state index in [4.69, 9.17) is 0 Å². The first-order valence-corrected chi connectivity index (χ1v) is 6.74. The lowest BCUT2D eigenvalue weighted by molar-refractivity contribution is -0.118. The molecular formula is C13H14N4OS. The number of hydrazine groups is 1. The first kappa shape index (κ1) is 13.4. The van der Waals surface area contributed by atoms with E-state index in [1.807, 2.05) is 31.2 Å². The summed E-state index contributed by atoms with van der Waals surface area (Å²) in [6.45, 7) is 1.97. The highest BCUT2D eigenvalue weighted by Gasteiger charge is 2.04. The van der Waals surface area contributed by atoms with Gasteiger partial charge in [-0.3, -0.25) is 15.6 Å². The number of benzene rings is 1. The number of carbonyl (C=O) groups is 1. The fourth-order valence-electron chi connectivity index (χ4n) is 1.38. The van der Waals surface area contributed by atoms with Crippen LogP contribution in [0.4, 0.5) is 5.69 Å². The predicted octanol–water partition coefficient (Wildman–Crippen LogP) is 2.02. The van der Waals surface area contributed by atoms with Gasteiger partial charge >= 0.3 is 0 Å². The number of aromatic nitrogens is 2. The van der Waals surface area contributed by atoms with Crippen molar-refractivity contribution in [2.75, 3.05) is 11.2 Å². The summed E-state index contributed by atoms with van der Waals surface area (Å²) >= 11 is 1.29. The molecule has 2 aromatic rings. The number of thioether (sulfide) groups is 1. The SMILES string of the molecule is Cc1ccccc1NNC(=O)CSc1ncccn1. The van der Waals surface area contributed by atoms with Gasteiger partial charge in [-0.2, -0.15) is 0 Å². The van der Waals surface area contributed by atoms with Gasteiger partial charge in [-0.05, 0) is 24.6 Å². The quantitative estimate of drug-likeness (QED) is 0.496. The number of nitrogens with zero attached hydrogens (tertiary/aromatic N) is 2. The number of hydrogen-bond acceptors (Lipinski definition) is 5. The molecule has 1 heterocycles. The monoisotopic (exact) mass is 274 g/mol. The summed E-state index contributed by atoms with van der Waals surface area (Å²) in [6, 6.07) is 9.48. The molecule has 98 valence electrons. The zero-order valence-corrected chi connectivity index (χ0v) is 11.3. The molecule has 1 aromatic carbocycles. The van der Waals surface area contributed by atoms with E-state index in [0.717, 1.165) is 11.3 Å². The standard InChI is InChI=1S/C13H14N4OS/c1-10-5-2-3-6-11(10)16-17-12(18)9-19-13-14-7-4-8-15-13/h2-8,16H,9H2,1H3,(H,17,18). The summed E-state index contributed by atoms with van der Waals surface area (Å²) in [7, 11) is 0. The fraction of sp³-hybridized carbons (Fsp3) is 0.154. The molecule has 0 saturated carbocycles. The maximum atomic E-state index is 11.7. The maximum absolute atomic E-state index is 11.7. The van der Waals surface area contributed by atoms with Gasteiger partial charge in [0.15, 0.2) is 5.16 Å². The van der Waals surface area contributed by atoms with Crippen LogP contribution in [0.2, 0.25) is 0 Å². The van der Waals surface area contributed by atoms with E-state index >= 15 is 0 Å². The Morgan fingerprint density at radius 1 is 1.21 bits per heavy atom. The summed E-state index contributed by atoms with van der Waals surface area (Å²) in [6.07, 6.45) is 3.30. The molecule has 0 unspecified atom stereocenters. The topological polar surface area (TPSA) is 66.9 Å². The molecule has 0 aliphatic carbocycles. The summed E-state index contributed by atoms with van der Waals surface area (Å²) in [5.41, 5.74) is 7.50. The normalized spacial score (nSPS) is 9.95. The van der Waals surface area contributed by atoms with E-state index in [2.05, 4.69) is 20.8 Å². The molecule has 0 saturated heterocycles. The van der Waals surface area contributed by atoms with Gasteiger partial charge in [0.1, 0.15) is 0 Å². The van der Waals surface area contributed by atoms with E-state index in [-0.39, 0.29) is 11.7 Å². The molecule has 0 aliphatic rings. The molecule has 1 amide bonds. The van der Waals surface area contributed by atoms with Crippen molar-refractivity contribution in [3.05, 3.63) is 48.3 Å². The minimum atomic E-state index is -0.124. The number of anilines is 1. The Balaban J connectivity index is 1.78. The second-order valence-electron chi connectivity index (χ2n) is 3.81. The maximum Gasteiger partial charge on any atom is 0.248 e. The van der Waals surface area contributed by atoms with Crippen LogP contribution < -0.4 is 10.9 Å². The highest BCUT2D eigenvalue weighted by Crippen LogP contribution is 2.12. The first-order valence-electron chi connectivity index (χ1n) is 5.76. The van der Waals surface area contributed by atoms with Crippen LogP contribution in [0.15, 0.2) is 47.9 Å². The van der Waals surface area contributed by atoms with Crippen LogP contribution in [0, 0.1) is 6.92 Å². The van der Waals surface area contributed by atoms with Gasteiger partial charge in [0.25, 0.3) is 0 Å². The molecule has 2 rings (SSSR count). The summed E-state index contributed by atoms with van der Waals surface area (Å²) in [4.78, 5) is 19.7. The van der Waals surface area contributed by atoms with Crippen molar-refractivity contribution in [2.45, 2.75) is 12.1 Å². The van der Waals surface area contributed by atoms with E-state index in [1.54, 1.807) is 18.5 Å². The zero-order valence-electron chi connectivity index (χ0n) is 10.5. The molecule has 5 nitrogen and oxygen atoms in total. The third-order valence-corrected chi connectivity index (χ3v) is 3.23. The van der Waals surface area contributed by atoms with E-state index in [1.165, 1.54) is 11.8 Å². The van der Waals surface area contributed by atoms with E-state index in [9.17, 15) is 4.79 Å². The number of rotatable bonds is 5. The van der Waals surface area contributed by atoms with Crippen molar-refractivity contribution in [2.24, 2.45) is 0 Å². The average Bonchev–Trinajstić information content (AvgIpc) is 2.45. The Hall–Kier alpha value is -2.08. The number of aryl methyl sites for hydroxylation is 1. The van der Waals surface area contributed by atoms with Crippen molar-refractivity contribution in [3.8, 4) is 0 Å². The Labute approximate surface area is 115 Å². The molecule has 1 aromatic heterocycles. The number of nitrogens with one attached hydrogen (secondary N) is 2. The predicted molar refractivity (Wildman–Crippen MR) is 75.7 cm³/mol. The molecular weight excluding hydrogens is 260 g/mol. The molecule has 0 aliphatic heterocycles. The van der Waals surface area contributed by atoms with Gasteiger partial charge in [-0.25, -0.2) is 9.97 Å². The number of amides is 1. The van der Waals surface area contributed by atoms with Gasteiger partial charge in [0, 0.05) is 12.4 Å². The van der Waals surface area contributed by atoms with Crippen molar-refractivity contribution in [1.29, 1.82) is 0 Å². The minimum absolute atomic E-state index is 0.124. The molecule has 0 bridgehead atoms. The number of para-hydroxylation sites is 1. The van der Waals surface area contributed by atoms with Crippen LogP contribution in [-0.4, -0.2) is 21.6 Å². The van der Waals surface area contributed by atoms with Crippen LogP contribution in [0.1, 0.15) is 5.56 Å². The molecule has 0 radical (unpaired) electrons. The lowest BCUT2D eigenvalue weighted by Gasteiger charge is -2.10. The van der Waals surface area contributed by atoms with Crippen molar-refractivity contribution < 1.29 is 4.79 Å². The lowest BCUT2D eigenvalue weighted by Crippen LogP contribution is -2.31. The van der Waals surface area contributed by atoms with Gasteiger partial charge in [-0.1, -0.05) is 30.0 Å². The fourth-order valence-corrected chi connectivity index (χ4v) is 1.98. The van der Waals surface area contributed by atoms with Crippen LogP contribution in [0.5, 0.6) is 0 Å². The molecule has 6 heteroatoms. The highest BCUT2D eigenvalue weighted by atomic mass is 32.2. The van der Waals surface area contributed by atoms with Crippen LogP contribution in [-0.2, 0) is 4.79 Å². The second-order valence-corrected chi connectivity index (χ2v) is 4.75. The average molecular weight is 274 g/mol. The third-order valence-electron chi connectivity index (χ3n) is 2.36. The Morgan fingerprint density at radius 2 is 1.95 bits per heavy atom. The van der Waals surface area contributed by atoms with Crippen molar-refractivity contribution in [3.63, 3.8) is 0 Å². The van der Waals surface area contributed by atoms with Gasteiger partial charge in [-0.15, -0.1) is 0 Å². The minimum Gasteiger partial charge on any atom is -0.298 e. The van der Waals surface area contributed by atoms with Gasteiger partial charge in [0.05, 0.1) is 11.4 Å². The van der Waals surface area contributed by atoms with Crippen molar-refractivity contribution in [1.82, 2.24) is 15.4 Å². The second kappa shape index (κ2) is 6.75. The van der Waals surface area contributed by atoms with E-state index < -0.39 is 0 Å². The number of carbonyl (C=O) groups excluding carboxylic acids is 1. The molecule has 0 fully saturated rings. The third kappa shape index (κ3) is 4.26. The van der Waals surface area contributed by atoms with Gasteiger partial charge < -0.3 is 0 Å². The summed E-state index contributed by atoms with van der Waals surface area (Å²) in [5.74, 6) is 0.142. The van der Waals surface area contributed by atoms with Crippen LogP contribution in [0.25, 0.3) is 0 Å². The smallest absolute Gasteiger partial charge is 0.248 e. The Kier molecular flexibility index (Phi) is 4.74. The van der Waals surface area contributed by atoms with E-state index in [0.29, 0.717) is 5.16 Å².